The number of carbonyl (C=O) groups excluding carboxylic acids is 6. The summed E-state index contributed by atoms with van der Waals surface area (Å²) in [6, 6.07) is 7.13. The summed E-state index contributed by atoms with van der Waals surface area (Å²) in [6.45, 7) is 1.38. The van der Waals surface area contributed by atoms with Crippen LogP contribution in [0.15, 0.2) is 48.5 Å². The van der Waals surface area contributed by atoms with Crippen molar-refractivity contribution in [2.75, 3.05) is 19.6 Å². The van der Waals surface area contributed by atoms with Gasteiger partial charge in [-0.1, -0.05) is 30.3 Å². The minimum Gasteiger partial charge on any atom is -0.481 e. The van der Waals surface area contributed by atoms with Crippen molar-refractivity contribution in [3.63, 3.8) is 0 Å². The summed E-state index contributed by atoms with van der Waals surface area (Å²) in [5.41, 5.74) is 0.384. The van der Waals surface area contributed by atoms with Gasteiger partial charge < -0.3 is 41.7 Å². The molecule has 0 aromatic heterocycles. The van der Waals surface area contributed by atoms with Gasteiger partial charge in [0, 0.05) is 58.4 Å². The largest absolute Gasteiger partial charge is 0.481 e. The molecule has 0 aliphatic carbocycles. The first-order chi connectivity index (χ1) is 25.5. The smallest absolute Gasteiger partial charge is 0.305 e. The summed E-state index contributed by atoms with van der Waals surface area (Å²) < 4.78 is 28.6. The van der Waals surface area contributed by atoms with E-state index < -0.39 is 97.2 Å². The topological polar surface area (TPSA) is 240 Å². The molecule has 0 unspecified atom stereocenters. The van der Waals surface area contributed by atoms with Gasteiger partial charge in [0.25, 0.3) is 0 Å². The third kappa shape index (κ3) is 17.1. The number of benzene rings is 2. The number of nitrogens with zero attached hydrogens (tertiary/aromatic N) is 1. The number of rotatable bonds is 23. The standard InChI is InChI=1S/C36H46F2N6O10/c1-22(45)39-15-7-6-10-28(35(53)43-29(18-24-8-4-3-5-9-24)34(52)40-16-13-32(48)49)42-31(47)14-17-44(21-25-19-26(37)11-12-27(25)38)36(54)30(20-33(50)51)41-23(2)46/h3-5,8-9,11-12,19,28-30H,6-7,10,13-18,20-21H2,1-2H3,(H,39,45)(H,40,52)(H,41,46)(H,42,47)(H,43,53)(H,48,49)(H,50,51)/t28-,29+,30+/m1/s1. The molecule has 2 rings (SSSR count). The number of aliphatic carboxylic acids is 2. The second-order valence-corrected chi connectivity index (χ2v) is 12.4. The number of carboxylic acid groups (broad SMARTS) is 2. The summed E-state index contributed by atoms with van der Waals surface area (Å²) in [5, 5.41) is 30.8. The molecular formula is C36H46F2N6O10. The Bertz CT molecular complexity index is 1630. The van der Waals surface area contributed by atoms with Gasteiger partial charge in [-0.05, 0) is 43.0 Å². The Balaban J connectivity index is 2.31. The predicted octanol–water partition coefficient (Wildman–Crippen LogP) is 0.773. The molecular weight excluding hydrogens is 714 g/mol. The van der Waals surface area contributed by atoms with E-state index in [-0.39, 0.29) is 43.8 Å². The number of halogens is 2. The number of amides is 6. The van der Waals surface area contributed by atoms with Gasteiger partial charge in [-0.3, -0.25) is 38.4 Å². The molecule has 0 saturated heterocycles. The monoisotopic (exact) mass is 760 g/mol. The van der Waals surface area contributed by atoms with Crippen LogP contribution in [0.5, 0.6) is 0 Å². The molecule has 7 N–H and O–H groups in total. The molecule has 0 spiro atoms. The fourth-order valence-corrected chi connectivity index (χ4v) is 5.23. The number of carbonyl (C=O) groups is 8. The molecule has 18 heteroatoms. The van der Waals surface area contributed by atoms with Crippen LogP contribution < -0.4 is 26.6 Å². The van der Waals surface area contributed by atoms with E-state index in [1.165, 1.54) is 6.92 Å². The molecule has 0 heterocycles. The highest BCUT2D eigenvalue weighted by Gasteiger charge is 2.30. The zero-order chi connectivity index (χ0) is 40.2. The van der Waals surface area contributed by atoms with Gasteiger partial charge in [0.1, 0.15) is 29.8 Å². The lowest BCUT2D eigenvalue weighted by Gasteiger charge is -2.28. The second-order valence-electron chi connectivity index (χ2n) is 12.4. The lowest BCUT2D eigenvalue weighted by molar-refractivity contribution is -0.144. The van der Waals surface area contributed by atoms with Gasteiger partial charge in [0.2, 0.25) is 35.4 Å². The molecule has 2 aromatic carbocycles. The molecule has 0 radical (unpaired) electrons. The maximum Gasteiger partial charge on any atom is 0.305 e. The lowest BCUT2D eigenvalue weighted by Crippen LogP contribution is -2.55. The molecule has 0 fully saturated rings. The van der Waals surface area contributed by atoms with E-state index in [9.17, 15) is 52.2 Å². The highest BCUT2D eigenvalue weighted by Crippen LogP contribution is 2.15. The molecule has 16 nitrogen and oxygen atoms in total. The van der Waals surface area contributed by atoms with E-state index in [1.54, 1.807) is 30.3 Å². The number of carboxylic acids is 2. The molecule has 0 bridgehead atoms. The first-order valence-corrected chi connectivity index (χ1v) is 17.1. The summed E-state index contributed by atoms with van der Waals surface area (Å²) in [4.78, 5) is 100. The van der Waals surface area contributed by atoms with Crippen LogP contribution in [0, 0.1) is 11.6 Å². The minimum absolute atomic E-state index is 0.0220. The molecule has 0 aliphatic rings. The van der Waals surface area contributed by atoms with Crippen molar-refractivity contribution < 1.29 is 57.4 Å². The Morgan fingerprint density at radius 3 is 2.06 bits per heavy atom. The first-order valence-electron chi connectivity index (χ1n) is 17.1. The van der Waals surface area contributed by atoms with Crippen LogP contribution in [-0.2, 0) is 51.3 Å². The van der Waals surface area contributed by atoms with E-state index >= 15 is 0 Å². The molecule has 6 amide bonds. The van der Waals surface area contributed by atoms with Crippen LogP contribution in [0.2, 0.25) is 0 Å². The van der Waals surface area contributed by atoms with Crippen LogP contribution in [0.4, 0.5) is 8.78 Å². The maximum absolute atomic E-state index is 14.6. The van der Waals surface area contributed by atoms with Gasteiger partial charge in [0.05, 0.1) is 12.8 Å². The highest BCUT2D eigenvalue weighted by molar-refractivity contribution is 5.93. The van der Waals surface area contributed by atoms with Crippen LogP contribution in [0.1, 0.15) is 63.5 Å². The van der Waals surface area contributed by atoms with E-state index in [1.807, 2.05) is 0 Å². The average molecular weight is 761 g/mol. The SMILES string of the molecule is CC(=O)NCCCC[C@@H](NC(=O)CCN(Cc1cc(F)ccc1F)C(=O)[C@H](CC(=O)O)NC(C)=O)C(=O)N[C@@H](Cc1ccccc1)C(=O)NCCC(=O)O. The number of hydrogen-bond donors (Lipinski definition) is 7. The van der Waals surface area contributed by atoms with Crippen molar-refractivity contribution in [3.05, 3.63) is 71.3 Å². The van der Waals surface area contributed by atoms with Gasteiger partial charge >= 0.3 is 11.9 Å². The Morgan fingerprint density at radius 1 is 0.722 bits per heavy atom. The number of unbranched alkanes of at least 4 members (excludes halogenated alkanes) is 1. The van der Waals surface area contributed by atoms with E-state index in [0.29, 0.717) is 18.4 Å². The molecule has 54 heavy (non-hydrogen) atoms. The second kappa shape index (κ2) is 22.9. The van der Waals surface area contributed by atoms with Crippen LogP contribution in [0.3, 0.4) is 0 Å². The highest BCUT2D eigenvalue weighted by atomic mass is 19.1. The number of hydrogen-bond acceptors (Lipinski definition) is 8. The van der Waals surface area contributed by atoms with Crippen molar-refractivity contribution in [2.45, 2.75) is 83.5 Å². The van der Waals surface area contributed by atoms with E-state index in [0.717, 1.165) is 30.0 Å². The fourth-order valence-electron chi connectivity index (χ4n) is 5.23. The maximum atomic E-state index is 14.6. The third-order valence-corrected chi connectivity index (χ3v) is 7.84. The van der Waals surface area contributed by atoms with Gasteiger partial charge in [-0.2, -0.15) is 0 Å². The zero-order valence-electron chi connectivity index (χ0n) is 30.0. The van der Waals surface area contributed by atoms with Crippen LogP contribution in [-0.4, -0.2) is 100 Å². The quantitative estimate of drug-likeness (QED) is 0.0786. The summed E-state index contributed by atoms with van der Waals surface area (Å²) >= 11 is 0. The Morgan fingerprint density at radius 2 is 1.43 bits per heavy atom. The van der Waals surface area contributed by atoms with Crippen molar-refractivity contribution in [1.29, 1.82) is 0 Å². The molecule has 3 atom stereocenters. The molecule has 294 valence electrons. The number of nitrogens with one attached hydrogen (secondary N) is 5. The Kier molecular flexibility index (Phi) is 18.7. The summed E-state index contributed by atoms with van der Waals surface area (Å²) in [6.07, 6.45) is -0.924. The fraction of sp³-hybridized carbons (Fsp3) is 0.444. The third-order valence-electron chi connectivity index (χ3n) is 7.84. The van der Waals surface area contributed by atoms with Crippen molar-refractivity contribution in [1.82, 2.24) is 31.5 Å². The molecule has 0 saturated carbocycles. The van der Waals surface area contributed by atoms with E-state index in [4.69, 9.17) is 5.11 Å². The molecule has 2 aromatic rings. The van der Waals surface area contributed by atoms with E-state index in [2.05, 4.69) is 26.6 Å². The summed E-state index contributed by atoms with van der Waals surface area (Å²) in [7, 11) is 0. The van der Waals surface area contributed by atoms with Crippen LogP contribution >= 0.6 is 0 Å². The lowest BCUT2D eigenvalue weighted by atomic mass is 10.0. The first kappa shape index (κ1) is 44.2. The van der Waals surface area contributed by atoms with Crippen LogP contribution in [0.25, 0.3) is 0 Å². The zero-order valence-corrected chi connectivity index (χ0v) is 30.0. The summed E-state index contributed by atoms with van der Waals surface area (Å²) in [5.74, 6) is -8.51. The van der Waals surface area contributed by atoms with Gasteiger partial charge in [-0.25, -0.2) is 8.78 Å². The normalized spacial score (nSPS) is 12.3. The van der Waals surface area contributed by atoms with Crippen molar-refractivity contribution in [3.8, 4) is 0 Å². The van der Waals surface area contributed by atoms with Gasteiger partial charge in [-0.15, -0.1) is 0 Å². The van der Waals surface area contributed by atoms with Crippen molar-refractivity contribution in [2.24, 2.45) is 0 Å². The Hall–Kier alpha value is -5.94. The van der Waals surface area contributed by atoms with Crippen molar-refractivity contribution >= 4 is 47.4 Å². The molecule has 0 aliphatic heterocycles. The Labute approximate surface area is 310 Å². The average Bonchev–Trinajstić information content (AvgIpc) is 3.09. The minimum atomic E-state index is -1.61. The van der Waals surface area contributed by atoms with Gasteiger partial charge in [0.15, 0.2) is 0 Å². The predicted molar refractivity (Wildman–Crippen MR) is 188 cm³/mol.